The van der Waals surface area contributed by atoms with Gasteiger partial charge in [0.05, 0.1) is 57.2 Å². The molecule has 2 rings (SSSR count). The minimum Gasteiger partial charge on any atom is -0.491 e. The molecule has 61 heavy (non-hydrogen) atoms. The van der Waals surface area contributed by atoms with E-state index in [1.54, 1.807) is 32.0 Å². The zero-order chi connectivity index (χ0) is 45.8. The molecular weight excluding hydrogens is 824 g/mol. The summed E-state index contributed by atoms with van der Waals surface area (Å²) in [6.07, 6.45) is 8.83. The molecule has 3 amide bonds. The Balaban J connectivity index is 2.32. The first-order valence-corrected chi connectivity index (χ1v) is 26.3. The number of nitrogens with zero attached hydrogens (tertiary/aromatic N) is 2. The molecule has 1 saturated heterocycles. The minimum absolute atomic E-state index is 0.0449. The van der Waals surface area contributed by atoms with Crippen LogP contribution in [0.3, 0.4) is 0 Å². The number of carbonyl (C=O) groups is 3. The highest BCUT2D eigenvalue weighted by Crippen LogP contribution is 2.48. The van der Waals surface area contributed by atoms with Crippen LogP contribution >= 0.6 is 7.60 Å². The first-order chi connectivity index (χ1) is 28.8. The second kappa shape index (κ2) is 26.7. The largest absolute Gasteiger partial charge is 0.491 e. The van der Waals surface area contributed by atoms with Gasteiger partial charge < -0.3 is 38.4 Å². The number of likely N-dealkylation sites (tertiary alicyclic amines) is 1. The van der Waals surface area contributed by atoms with Gasteiger partial charge in [0.1, 0.15) is 18.5 Å². The minimum atomic E-state index is -3.76. The number of alkyl halides is 2. The van der Waals surface area contributed by atoms with Gasteiger partial charge in [0, 0.05) is 25.5 Å². The number of aliphatic hydroxyl groups is 1. The molecule has 1 heterocycles. The average Bonchev–Trinajstić information content (AvgIpc) is 3.51. The summed E-state index contributed by atoms with van der Waals surface area (Å²) in [5, 5.41) is 13.2. The number of carbonyl (C=O) groups excluding carboxylic acids is 3. The fourth-order valence-electron chi connectivity index (χ4n) is 8.28. The van der Waals surface area contributed by atoms with Gasteiger partial charge in [-0.2, -0.15) is 0 Å². The fourth-order valence-corrected chi connectivity index (χ4v) is 15.4. The van der Waals surface area contributed by atoms with Crippen molar-refractivity contribution in [2.45, 2.75) is 161 Å². The molecule has 1 aliphatic heterocycles. The molecule has 12 nitrogen and oxygen atoms in total. The monoisotopic (exact) mass is 900 g/mol. The van der Waals surface area contributed by atoms with Crippen LogP contribution in [-0.4, -0.2) is 118 Å². The highest BCUT2D eigenvalue weighted by molar-refractivity contribution is 7.54. The van der Waals surface area contributed by atoms with Gasteiger partial charge in [-0.15, -0.1) is 0 Å². The van der Waals surface area contributed by atoms with Crippen LogP contribution in [-0.2, 0) is 27.6 Å². The number of ether oxygens (including phenoxy) is 1. The molecule has 0 radical (unpaired) electrons. The number of amides is 3. The van der Waals surface area contributed by atoms with Gasteiger partial charge in [-0.3, -0.25) is 18.9 Å². The summed E-state index contributed by atoms with van der Waals surface area (Å²) in [4.78, 5) is 42.4. The van der Waals surface area contributed by atoms with Crippen molar-refractivity contribution in [1.82, 2.24) is 15.1 Å². The van der Waals surface area contributed by atoms with Crippen LogP contribution in [0.25, 0.3) is 0 Å². The summed E-state index contributed by atoms with van der Waals surface area (Å²) in [5.74, 6) is 1.19. The van der Waals surface area contributed by atoms with E-state index < -0.39 is 77.3 Å². The molecule has 0 saturated carbocycles. The Kier molecular flexibility index (Phi) is 23.7. The van der Waals surface area contributed by atoms with Gasteiger partial charge in [-0.1, -0.05) is 105 Å². The molecule has 0 aromatic heterocycles. The standard InChI is InChI=1S/C45H76F2N3O9PSi/c1-11-14-15-16-17-18-19-20-21-22-23-37-24-25-40(44(54)48-38(29-51)30-59-61(34(4)5,35(6)7)36(8)9)41(26-37)56-31-39-27-45(46,47)33-50(39)42(52)28-49(10)43(53)32-60(55,57-12-2)58-13-3/h24-26,34-36,38-39,51H,11-21,27-33H2,1-10H3,(H,48,54)/t38-,39+/m1/s1. The molecule has 1 aromatic rings. The van der Waals surface area contributed by atoms with E-state index in [1.165, 1.54) is 45.6 Å². The maximum atomic E-state index is 15.0. The lowest BCUT2D eigenvalue weighted by molar-refractivity contribution is -0.140. The fraction of sp³-hybridized carbons (Fsp3) is 0.756. The number of benzene rings is 1. The van der Waals surface area contributed by atoms with E-state index in [1.807, 2.05) is 0 Å². The highest BCUT2D eigenvalue weighted by Gasteiger charge is 2.48. The van der Waals surface area contributed by atoms with Crippen molar-refractivity contribution < 1.29 is 51.0 Å². The molecule has 0 bridgehead atoms. The molecule has 16 heteroatoms. The molecule has 0 spiro atoms. The lowest BCUT2D eigenvalue weighted by Crippen LogP contribution is -2.51. The summed E-state index contributed by atoms with van der Waals surface area (Å²) in [6.45, 7) is 16.4. The van der Waals surface area contributed by atoms with Gasteiger partial charge in [0.15, 0.2) is 8.32 Å². The first-order valence-electron chi connectivity index (χ1n) is 22.4. The van der Waals surface area contributed by atoms with E-state index in [0.717, 1.165) is 22.6 Å². The van der Waals surface area contributed by atoms with Crippen LogP contribution in [0.2, 0.25) is 16.6 Å². The Labute approximate surface area is 366 Å². The number of hydrogen-bond donors (Lipinski definition) is 2. The predicted molar refractivity (Wildman–Crippen MR) is 240 cm³/mol. The van der Waals surface area contributed by atoms with Crippen molar-refractivity contribution in [3.63, 3.8) is 0 Å². The Morgan fingerprint density at radius 3 is 2.11 bits per heavy atom. The van der Waals surface area contributed by atoms with Gasteiger partial charge in [0.2, 0.25) is 11.8 Å². The number of halogens is 2. The van der Waals surface area contributed by atoms with Crippen molar-refractivity contribution in [1.29, 1.82) is 0 Å². The van der Waals surface area contributed by atoms with Gasteiger partial charge in [-0.05, 0) is 55.1 Å². The van der Waals surface area contributed by atoms with Crippen LogP contribution in [0.5, 0.6) is 5.75 Å². The Morgan fingerprint density at radius 1 is 0.967 bits per heavy atom. The maximum absolute atomic E-state index is 15.0. The van der Waals surface area contributed by atoms with Crippen molar-refractivity contribution in [2.24, 2.45) is 0 Å². The Morgan fingerprint density at radius 2 is 1.56 bits per heavy atom. The van der Waals surface area contributed by atoms with E-state index in [-0.39, 0.29) is 44.3 Å². The van der Waals surface area contributed by atoms with Crippen LogP contribution in [0.1, 0.15) is 142 Å². The third-order valence-electron chi connectivity index (χ3n) is 11.3. The summed E-state index contributed by atoms with van der Waals surface area (Å²) in [7, 11) is -4.77. The molecule has 2 N–H and O–H groups in total. The number of likely N-dealkylation sites (N-methyl/N-ethyl adjacent to an activating group) is 1. The van der Waals surface area contributed by atoms with E-state index in [0.29, 0.717) is 28.6 Å². The number of nitrogens with one attached hydrogen (secondary N) is 1. The lowest BCUT2D eigenvalue weighted by atomic mass is 10.1. The normalized spacial score (nSPS) is 15.9. The second-order valence-electron chi connectivity index (χ2n) is 17.1. The second-order valence-corrected chi connectivity index (χ2v) is 24.6. The molecule has 1 aliphatic rings. The van der Waals surface area contributed by atoms with Gasteiger partial charge >= 0.3 is 7.60 Å². The van der Waals surface area contributed by atoms with E-state index in [9.17, 15) is 32.8 Å². The first kappa shape index (κ1) is 54.3. The molecule has 1 aromatic carbocycles. The summed E-state index contributed by atoms with van der Waals surface area (Å²) >= 11 is 0. The number of unbranched alkanes of at least 4 members (excludes halogenated alkanes) is 8. The van der Waals surface area contributed by atoms with E-state index >= 15 is 0 Å². The van der Waals surface area contributed by atoms with E-state index in [2.05, 4.69) is 65.6 Å². The van der Waals surface area contributed by atoms with Crippen molar-refractivity contribution in [3.05, 3.63) is 29.3 Å². The molecule has 0 aliphatic carbocycles. The molecule has 2 atom stereocenters. The Hall–Kier alpha value is -2.86. The number of hydrogen-bond acceptors (Lipinski definition) is 9. The van der Waals surface area contributed by atoms with Crippen molar-refractivity contribution in [3.8, 4) is 17.6 Å². The van der Waals surface area contributed by atoms with Crippen LogP contribution in [0.4, 0.5) is 8.78 Å². The molecule has 348 valence electrons. The van der Waals surface area contributed by atoms with Gasteiger partial charge in [-0.25, -0.2) is 8.78 Å². The zero-order valence-corrected chi connectivity index (χ0v) is 40.6. The predicted octanol–water partition coefficient (Wildman–Crippen LogP) is 9.19. The molecule has 0 unspecified atom stereocenters. The van der Waals surface area contributed by atoms with Crippen molar-refractivity contribution >= 4 is 33.6 Å². The summed E-state index contributed by atoms with van der Waals surface area (Å²) in [5.41, 5.74) is 1.55. The van der Waals surface area contributed by atoms with E-state index in [4.69, 9.17) is 18.2 Å². The summed E-state index contributed by atoms with van der Waals surface area (Å²) < 4.78 is 66.1. The smallest absolute Gasteiger partial charge is 0.340 e. The SMILES string of the molecule is CCCCCCCCCCC#Cc1ccc(C(=O)N[C@H](CO)CO[Si](C(C)C)(C(C)C)C(C)C)c(OC[C@@H]2CC(F)(F)CN2C(=O)CN(C)C(=O)CP(=O)(OCC)OCC)c1. The quantitative estimate of drug-likeness (QED) is 0.0364. The van der Waals surface area contributed by atoms with Crippen LogP contribution < -0.4 is 10.1 Å². The lowest BCUT2D eigenvalue weighted by Gasteiger charge is -2.43. The zero-order valence-electron chi connectivity index (χ0n) is 38.7. The highest BCUT2D eigenvalue weighted by atomic mass is 31.2. The molecule has 1 fully saturated rings. The van der Waals surface area contributed by atoms with Crippen LogP contribution in [0.15, 0.2) is 18.2 Å². The summed E-state index contributed by atoms with van der Waals surface area (Å²) in [6, 6.07) is 3.02. The maximum Gasteiger partial charge on any atom is 0.340 e. The number of aliphatic hydroxyl groups excluding tert-OH is 1. The Bertz CT molecular complexity index is 1610. The third kappa shape index (κ3) is 17.3. The van der Waals surface area contributed by atoms with Gasteiger partial charge in [0.25, 0.3) is 11.8 Å². The third-order valence-corrected chi connectivity index (χ3v) is 19.4. The van der Waals surface area contributed by atoms with Crippen LogP contribution in [0, 0.1) is 11.8 Å². The van der Waals surface area contributed by atoms with Crippen molar-refractivity contribution in [2.75, 3.05) is 59.3 Å². The molecular formula is C45H76F2N3O9PSi. The average molecular weight is 900 g/mol. The topological polar surface area (TPSA) is 144 Å². The number of rotatable bonds is 28.